The van der Waals surface area contributed by atoms with Crippen LogP contribution in [0.5, 0.6) is 0 Å². The number of amides is 1. The lowest BCUT2D eigenvalue weighted by molar-refractivity contribution is -0.125. The van der Waals surface area contributed by atoms with Crippen molar-refractivity contribution in [2.75, 3.05) is 12.0 Å². The van der Waals surface area contributed by atoms with Gasteiger partial charge in [-0.05, 0) is 24.8 Å². The van der Waals surface area contributed by atoms with Crippen molar-refractivity contribution in [3.63, 3.8) is 0 Å². The van der Waals surface area contributed by atoms with E-state index in [0.29, 0.717) is 5.56 Å². The number of benzene rings is 1. The summed E-state index contributed by atoms with van der Waals surface area (Å²) < 4.78 is 36.9. The van der Waals surface area contributed by atoms with Gasteiger partial charge in [0.2, 0.25) is 5.91 Å². The summed E-state index contributed by atoms with van der Waals surface area (Å²) in [6.45, 7) is 1.59. The molecule has 0 aromatic heterocycles. The first-order valence-corrected chi connectivity index (χ1v) is 10.1. The Morgan fingerprint density at radius 1 is 1.30 bits per heavy atom. The van der Waals surface area contributed by atoms with Crippen LogP contribution >= 0.6 is 0 Å². The Morgan fingerprint density at radius 3 is 2.48 bits per heavy atom. The number of rotatable bonds is 6. The van der Waals surface area contributed by atoms with Crippen molar-refractivity contribution in [2.24, 2.45) is 11.8 Å². The second-order valence-electron chi connectivity index (χ2n) is 6.55. The number of carbonyl (C=O) groups excluding carboxylic acids is 1. The standard InChI is InChI=1S/C17H24FNO3S/c1-12(11-23(2,21)22)17(20)19-16(13-7-3-4-8-13)14-9-5-6-10-15(14)18/h5-6,9-10,12-13,16H,3-4,7-8,11H2,1-2H3,(H,19,20)/t12-,16-/m1/s1. The predicted molar refractivity (Wildman–Crippen MR) is 88.1 cm³/mol. The second-order valence-corrected chi connectivity index (χ2v) is 8.73. The van der Waals surface area contributed by atoms with Crippen molar-refractivity contribution in [3.8, 4) is 0 Å². The Hall–Kier alpha value is -1.43. The first kappa shape index (κ1) is 17.9. The summed E-state index contributed by atoms with van der Waals surface area (Å²) in [5, 5.41) is 2.90. The molecule has 1 aliphatic carbocycles. The van der Waals surface area contributed by atoms with Gasteiger partial charge in [0.05, 0.1) is 11.8 Å². The number of hydrogen-bond acceptors (Lipinski definition) is 3. The van der Waals surface area contributed by atoms with Crippen LogP contribution in [0, 0.1) is 17.7 Å². The normalized spacial score (nSPS) is 18.6. The molecule has 1 saturated carbocycles. The fraction of sp³-hybridized carbons (Fsp3) is 0.588. The van der Waals surface area contributed by atoms with Gasteiger partial charge in [0.15, 0.2) is 0 Å². The monoisotopic (exact) mass is 341 g/mol. The number of hydrogen-bond donors (Lipinski definition) is 1. The topological polar surface area (TPSA) is 63.2 Å². The average molecular weight is 341 g/mol. The van der Waals surface area contributed by atoms with Crippen molar-refractivity contribution < 1.29 is 17.6 Å². The molecule has 0 saturated heterocycles. The molecule has 23 heavy (non-hydrogen) atoms. The summed E-state index contributed by atoms with van der Waals surface area (Å²) in [6.07, 6.45) is 5.15. The summed E-state index contributed by atoms with van der Waals surface area (Å²) in [4.78, 5) is 12.4. The van der Waals surface area contributed by atoms with Crippen LogP contribution in [0.25, 0.3) is 0 Å². The maximum absolute atomic E-state index is 14.2. The Kier molecular flexibility index (Phi) is 5.79. The van der Waals surface area contributed by atoms with Crippen LogP contribution in [-0.2, 0) is 14.6 Å². The zero-order valence-electron chi connectivity index (χ0n) is 13.6. The SMILES string of the molecule is C[C@H](CS(C)(=O)=O)C(=O)N[C@@H](c1ccccc1F)C1CCCC1. The molecular weight excluding hydrogens is 317 g/mol. The second kappa shape index (κ2) is 7.43. The fourth-order valence-corrected chi connectivity index (χ4v) is 4.35. The number of carbonyl (C=O) groups is 1. The van der Waals surface area contributed by atoms with E-state index in [1.54, 1.807) is 25.1 Å². The van der Waals surface area contributed by atoms with Gasteiger partial charge in [-0.2, -0.15) is 0 Å². The van der Waals surface area contributed by atoms with E-state index in [0.717, 1.165) is 31.9 Å². The van der Waals surface area contributed by atoms with Gasteiger partial charge in [0, 0.05) is 17.7 Å². The first-order valence-electron chi connectivity index (χ1n) is 8.00. The number of sulfone groups is 1. The van der Waals surface area contributed by atoms with Crippen molar-refractivity contribution >= 4 is 15.7 Å². The molecule has 1 N–H and O–H groups in total. The highest BCUT2D eigenvalue weighted by molar-refractivity contribution is 7.90. The summed E-state index contributed by atoms with van der Waals surface area (Å²) >= 11 is 0. The van der Waals surface area contributed by atoms with Crippen LogP contribution in [0.1, 0.15) is 44.2 Å². The molecule has 2 atom stereocenters. The quantitative estimate of drug-likeness (QED) is 0.865. The van der Waals surface area contributed by atoms with Gasteiger partial charge in [-0.15, -0.1) is 0 Å². The largest absolute Gasteiger partial charge is 0.349 e. The Labute approximate surface area is 137 Å². The van der Waals surface area contributed by atoms with Crippen molar-refractivity contribution in [1.82, 2.24) is 5.32 Å². The van der Waals surface area contributed by atoms with E-state index < -0.39 is 21.8 Å². The molecule has 4 nitrogen and oxygen atoms in total. The highest BCUT2D eigenvalue weighted by atomic mass is 32.2. The van der Waals surface area contributed by atoms with Gasteiger partial charge < -0.3 is 5.32 Å². The lowest BCUT2D eigenvalue weighted by Gasteiger charge is -2.27. The van der Waals surface area contributed by atoms with Gasteiger partial charge in [0.25, 0.3) is 0 Å². The van der Waals surface area contributed by atoms with Crippen molar-refractivity contribution in [1.29, 1.82) is 0 Å². The molecule has 0 spiro atoms. The molecular formula is C17H24FNO3S. The van der Waals surface area contributed by atoms with Crippen LogP contribution in [0.15, 0.2) is 24.3 Å². The van der Waals surface area contributed by atoms with Crippen LogP contribution in [0.4, 0.5) is 4.39 Å². The van der Waals surface area contributed by atoms with Gasteiger partial charge in [-0.25, -0.2) is 12.8 Å². The van der Waals surface area contributed by atoms with E-state index in [1.165, 1.54) is 6.07 Å². The predicted octanol–water partition coefficient (Wildman–Crippen LogP) is 2.85. The van der Waals surface area contributed by atoms with Crippen molar-refractivity contribution in [2.45, 2.75) is 38.6 Å². The Morgan fingerprint density at radius 2 is 1.91 bits per heavy atom. The van der Waals surface area contributed by atoms with Gasteiger partial charge in [-0.3, -0.25) is 4.79 Å². The Balaban J connectivity index is 2.18. The summed E-state index contributed by atoms with van der Waals surface area (Å²) in [5.74, 6) is -1.33. The number of nitrogens with one attached hydrogen (secondary N) is 1. The van der Waals surface area contributed by atoms with Gasteiger partial charge >= 0.3 is 0 Å². The van der Waals surface area contributed by atoms with Crippen LogP contribution < -0.4 is 5.32 Å². The Bertz CT molecular complexity index is 654. The maximum Gasteiger partial charge on any atom is 0.224 e. The third-order valence-corrected chi connectivity index (χ3v) is 5.52. The highest BCUT2D eigenvalue weighted by Gasteiger charge is 2.31. The van der Waals surface area contributed by atoms with Crippen molar-refractivity contribution in [3.05, 3.63) is 35.6 Å². The molecule has 0 aliphatic heterocycles. The lowest BCUT2D eigenvalue weighted by Crippen LogP contribution is -2.38. The zero-order chi connectivity index (χ0) is 17.0. The molecule has 1 aromatic carbocycles. The van der Waals surface area contributed by atoms with E-state index in [1.807, 2.05) is 0 Å². The number of halogens is 1. The molecule has 6 heteroatoms. The minimum atomic E-state index is -3.23. The van der Waals surface area contributed by atoms with Crippen LogP contribution in [0.3, 0.4) is 0 Å². The molecule has 128 valence electrons. The molecule has 0 heterocycles. The third kappa shape index (κ3) is 5.03. The van der Waals surface area contributed by atoms with E-state index in [4.69, 9.17) is 0 Å². The van der Waals surface area contributed by atoms with E-state index in [2.05, 4.69) is 5.32 Å². The molecule has 0 bridgehead atoms. The van der Waals surface area contributed by atoms with E-state index in [9.17, 15) is 17.6 Å². The van der Waals surface area contributed by atoms with E-state index >= 15 is 0 Å². The molecule has 1 amide bonds. The minimum Gasteiger partial charge on any atom is -0.349 e. The highest BCUT2D eigenvalue weighted by Crippen LogP contribution is 2.36. The fourth-order valence-electron chi connectivity index (χ4n) is 3.29. The summed E-state index contributed by atoms with van der Waals surface area (Å²) in [6, 6.07) is 6.07. The minimum absolute atomic E-state index is 0.196. The van der Waals surface area contributed by atoms with Gasteiger partial charge in [0.1, 0.15) is 15.7 Å². The summed E-state index contributed by atoms with van der Waals surface area (Å²) in [5.41, 5.74) is 0.485. The molecule has 0 radical (unpaired) electrons. The summed E-state index contributed by atoms with van der Waals surface area (Å²) in [7, 11) is -3.23. The average Bonchev–Trinajstić information content (AvgIpc) is 2.97. The van der Waals surface area contributed by atoms with Gasteiger partial charge in [-0.1, -0.05) is 38.0 Å². The molecule has 0 unspecified atom stereocenters. The molecule has 1 aromatic rings. The van der Waals surface area contributed by atoms with Crippen LogP contribution in [-0.4, -0.2) is 26.3 Å². The first-order chi connectivity index (χ1) is 10.8. The smallest absolute Gasteiger partial charge is 0.224 e. The third-order valence-electron chi connectivity index (χ3n) is 4.41. The zero-order valence-corrected chi connectivity index (χ0v) is 14.4. The van der Waals surface area contributed by atoms with Crippen LogP contribution in [0.2, 0.25) is 0 Å². The maximum atomic E-state index is 14.2. The molecule has 1 aliphatic rings. The lowest BCUT2D eigenvalue weighted by atomic mass is 9.90. The molecule has 1 fully saturated rings. The van der Waals surface area contributed by atoms with E-state index in [-0.39, 0.29) is 23.4 Å². The molecule has 2 rings (SSSR count).